The number of carbonyl (C=O) groups is 1. The quantitative estimate of drug-likeness (QED) is 0.191. The zero-order valence-electron chi connectivity index (χ0n) is 26.2. The number of anilines is 3. The second-order valence-corrected chi connectivity index (χ2v) is 12.4. The molecule has 4 N–H and O–H groups in total. The standard InChI is InChI=1S/C36H35N7O3S/c1-41-28-9-4-3-7-24(28)19-29(41)36(45)39-27-13-12-23(20-30(27)46-2)26-22-47-34-25(21-38-35(37)33(26)34)8-6-14-42-15-17-43(18-16-42)31-10-5-11-32(44)40-31/h3-13,19-22H,14-18H2,1-2H3,(H2,37,38)(H,39,45)(H,40,44)/b8-6+. The van der Waals surface area contributed by atoms with Crippen molar-refractivity contribution in [1.29, 1.82) is 0 Å². The lowest BCUT2D eigenvalue weighted by atomic mass is 10.0. The molecule has 0 saturated carbocycles. The van der Waals surface area contributed by atoms with E-state index in [2.05, 4.69) is 42.6 Å². The van der Waals surface area contributed by atoms with Crippen LogP contribution in [0.1, 0.15) is 16.1 Å². The van der Waals surface area contributed by atoms with E-state index in [0.29, 0.717) is 22.9 Å². The number of aromatic nitrogens is 3. The molecule has 0 bridgehead atoms. The first-order valence-corrected chi connectivity index (χ1v) is 16.3. The SMILES string of the molecule is COc1cc(-c2csc3c(/C=C/CN4CCN(c5cccc(=O)[nH]5)CC4)cnc(N)c23)ccc1NC(=O)c1cc2ccccc2n1C. The fourth-order valence-electron chi connectivity index (χ4n) is 6.19. The lowest BCUT2D eigenvalue weighted by molar-refractivity contribution is 0.101. The number of pyridine rings is 2. The van der Waals surface area contributed by atoms with E-state index in [9.17, 15) is 9.59 Å². The Balaban J connectivity index is 1.07. The summed E-state index contributed by atoms with van der Waals surface area (Å²) < 4.78 is 8.68. The van der Waals surface area contributed by atoms with E-state index in [1.54, 1.807) is 24.5 Å². The number of para-hydroxylation sites is 1. The number of nitrogens with one attached hydrogen (secondary N) is 2. The van der Waals surface area contributed by atoms with E-state index in [1.165, 1.54) is 6.07 Å². The highest BCUT2D eigenvalue weighted by molar-refractivity contribution is 7.18. The van der Waals surface area contributed by atoms with E-state index >= 15 is 0 Å². The van der Waals surface area contributed by atoms with Gasteiger partial charge in [0.05, 0.1) is 12.8 Å². The number of aromatic amines is 1. The van der Waals surface area contributed by atoms with Gasteiger partial charge in [-0.2, -0.15) is 0 Å². The molecule has 1 aliphatic rings. The molecule has 238 valence electrons. The van der Waals surface area contributed by atoms with Crippen LogP contribution >= 0.6 is 11.3 Å². The molecule has 0 aliphatic carbocycles. The number of hydrogen-bond donors (Lipinski definition) is 3. The number of aryl methyl sites for hydroxylation is 1. The molecule has 1 saturated heterocycles. The number of hydrogen-bond acceptors (Lipinski definition) is 8. The van der Waals surface area contributed by atoms with E-state index in [4.69, 9.17) is 10.5 Å². The molecule has 0 radical (unpaired) electrons. The predicted molar refractivity (Wildman–Crippen MR) is 192 cm³/mol. The van der Waals surface area contributed by atoms with Gasteiger partial charge in [0.2, 0.25) is 5.56 Å². The van der Waals surface area contributed by atoms with Crippen LogP contribution in [0.25, 0.3) is 38.2 Å². The van der Waals surface area contributed by atoms with Gasteiger partial charge in [0.25, 0.3) is 5.91 Å². The molecule has 2 aromatic carbocycles. The van der Waals surface area contributed by atoms with Gasteiger partial charge in [0.1, 0.15) is 23.1 Å². The molecule has 10 nitrogen and oxygen atoms in total. The summed E-state index contributed by atoms with van der Waals surface area (Å²) in [4.78, 5) is 37.0. The fourth-order valence-corrected chi connectivity index (χ4v) is 7.27. The van der Waals surface area contributed by atoms with Gasteiger partial charge >= 0.3 is 0 Å². The summed E-state index contributed by atoms with van der Waals surface area (Å²) in [5, 5.41) is 7.02. The highest BCUT2D eigenvalue weighted by Gasteiger charge is 2.19. The van der Waals surface area contributed by atoms with Gasteiger partial charge in [0.15, 0.2) is 0 Å². The molecule has 0 spiro atoms. The van der Waals surface area contributed by atoms with Crippen molar-refractivity contribution in [2.45, 2.75) is 0 Å². The maximum atomic E-state index is 13.3. The number of thiophene rings is 1. The number of benzene rings is 2. The molecule has 5 heterocycles. The van der Waals surface area contributed by atoms with Gasteiger partial charge in [-0.1, -0.05) is 42.5 Å². The highest BCUT2D eigenvalue weighted by atomic mass is 32.1. The molecule has 0 atom stereocenters. The second kappa shape index (κ2) is 12.8. The highest BCUT2D eigenvalue weighted by Crippen LogP contribution is 2.41. The summed E-state index contributed by atoms with van der Waals surface area (Å²) in [7, 11) is 3.48. The van der Waals surface area contributed by atoms with Crippen molar-refractivity contribution < 1.29 is 9.53 Å². The molecule has 47 heavy (non-hydrogen) atoms. The zero-order chi connectivity index (χ0) is 32.5. The summed E-state index contributed by atoms with van der Waals surface area (Å²) in [6.45, 7) is 4.32. The van der Waals surface area contributed by atoms with Crippen LogP contribution in [-0.4, -0.2) is 65.2 Å². The Kier molecular flexibility index (Phi) is 8.23. The molecule has 1 fully saturated rings. The third-order valence-electron chi connectivity index (χ3n) is 8.72. The molecule has 11 heteroatoms. The van der Waals surface area contributed by atoms with Gasteiger partial charge in [-0.15, -0.1) is 11.3 Å². The summed E-state index contributed by atoms with van der Waals surface area (Å²) in [6, 6.07) is 20.8. The Morgan fingerprint density at radius 3 is 2.70 bits per heavy atom. The van der Waals surface area contributed by atoms with E-state index in [-0.39, 0.29) is 11.5 Å². The molecule has 6 aromatic rings. The minimum atomic E-state index is -0.213. The van der Waals surface area contributed by atoms with Crippen LogP contribution in [0.3, 0.4) is 0 Å². The van der Waals surface area contributed by atoms with Crippen LogP contribution in [0.15, 0.2) is 89.2 Å². The number of methoxy groups -OCH3 is 1. The summed E-state index contributed by atoms with van der Waals surface area (Å²) in [5.41, 5.74) is 11.4. The minimum absolute atomic E-state index is 0.0783. The predicted octanol–water partition coefficient (Wildman–Crippen LogP) is 5.82. The Labute approximate surface area is 275 Å². The van der Waals surface area contributed by atoms with Crippen LogP contribution in [0.2, 0.25) is 0 Å². The number of rotatable bonds is 8. The molecule has 1 aliphatic heterocycles. The van der Waals surface area contributed by atoms with Crippen molar-refractivity contribution in [3.05, 3.63) is 106 Å². The monoisotopic (exact) mass is 645 g/mol. The lowest BCUT2D eigenvalue weighted by Crippen LogP contribution is -2.46. The third kappa shape index (κ3) is 5.98. The van der Waals surface area contributed by atoms with E-state index in [1.807, 2.05) is 72.4 Å². The summed E-state index contributed by atoms with van der Waals surface area (Å²) >= 11 is 1.63. The van der Waals surface area contributed by atoms with Crippen LogP contribution in [0, 0.1) is 0 Å². The van der Waals surface area contributed by atoms with Gasteiger partial charge in [0, 0.05) is 84.2 Å². The topological polar surface area (TPSA) is 122 Å². The molecule has 7 rings (SSSR count). The number of H-pyrrole nitrogens is 1. The van der Waals surface area contributed by atoms with Crippen LogP contribution in [-0.2, 0) is 7.05 Å². The zero-order valence-corrected chi connectivity index (χ0v) is 27.0. The number of piperazine rings is 1. The average Bonchev–Trinajstić information content (AvgIpc) is 3.69. The van der Waals surface area contributed by atoms with Crippen molar-refractivity contribution in [3.8, 4) is 16.9 Å². The summed E-state index contributed by atoms with van der Waals surface area (Å²) in [5.74, 6) is 1.68. The molecular formula is C36H35N7O3S. The maximum absolute atomic E-state index is 13.3. The Morgan fingerprint density at radius 1 is 1.09 bits per heavy atom. The fraction of sp³-hybridized carbons (Fsp3) is 0.194. The first-order valence-electron chi connectivity index (χ1n) is 15.4. The van der Waals surface area contributed by atoms with Gasteiger partial charge in [-0.05, 0) is 41.3 Å². The lowest BCUT2D eigenvalue weighted by Gasteiger charge is -2.35. The Bertz CT molecular complexity index is 2190. The first kappa shape index (κ1) is 30.3. The van der Waals surface area contributed by atoms with Gasteiger partial charge in [-0.25, -0.2) is 4.98 Å². The van der Waals surface area contributed by atoms with Gasteiger partial charge < -0.3 is 30.2 Å². The number of nitrogens with two attached hydrogens (primary N) is 1. The van der Waals surface area contributed by atoms with Crippen molar-refractivity contribution in [3.63, 3.8) is 0 Å². The van der Waals surface area contributed by atoms with Crippen molar-refractivity contribution in [2.24, 2.45) is 7.05 Å². The molecule has 0 unspecified atom stereocenters. The number of fused-ring (bicyclic) bond motifs is 2. The smallest absolute Gasteiger partial charge is 0.272 e. The van der Waals surface area contributed by atoms with Crippen LogP contribution in [0.5, 0.6) is 5.75 Å². The van der Waals surface area contributed by atoms with Crippen LogP contribution in [0.4, 0.5) is 17.3 Å². The Hall–Kier alpha value is -5.39. The van der Waals surface area contributed by atoms with Crippen molar-refractivity contribution in [1.82, 2.24) is 19.4 Å². The molecule has 4 aromatic heterocycles. The van der Waals surface area contributed by atoms with Crippen molar-refractivity contribution >= 4 is 61.6 Å². The number of nitrogen functional groups attached to an aromatic ring is 1. The molecule has 1 amide bonds. The van der Waals surface area contributed by atoms with Crippen LogP contribution < -0.4 is 26.2 Å². The normalized spacial score (nSPS) is 14.0. The van der Waals surface area contributed by atoms with E-state index in [0.717, 1.165) is 76.2 Å². The largest absolute Gasteiger partial charge is 0.495 e. The van der Waals surface area contributed by atoms with Crippen molar-refractivity contribution in [2.75, 3.05) is 55.8 Å². The average molecular weight is 646 g/mol. The molecular weight excluding hydrogens is 611 g/mol. The summed E-state index contributed by atoms with van der Waals surface area (Å²) in [6.07, 6.45) is 6.11. The minimum Gasteiger partial charge on any atom is -0.495 e. The number of ether oxygens (including phenoxy) is 1. The van der Waals surface area contributed by atoms with Gasteiger partial charge in [-0.3, -0.25) is 14.5 Å². The number of amides is 1. The first-order chi connectivity index (χ1) is 22.9. The third-order valence-corrected chi connectivity index (χ3v) is 9.75. The maximum Gasteiger partial charge on any atom is 0.272 e. The van der Waals surface area contributed by atoms with E-state index < -0.39 is 0 Å². The Morgan fingerprint density at radius 2 is 1.91 bits per heavy atom. The number of carbonyl (C=O) groups excluding carboxylic acids is 1. The number of nitrogens with zero attached hydrogens (tertiary/aromatic N) is 4. The second-order valence-electron chi connectivity index (χ2n) is 11.6.